The molecule has 0 bridgehead atoms. The maximum Gasteiger partial charge on any atom is 0.280 e. The van der Waals surface area contributed by atoms with E-state index in [0.29, 0.717) is 0 Å². The van der Waals surface area contributed by atoms with Crippen LogP contribution in [0.15, 0.2) is 11.1 Å². The number of aromatic amines is 1. The van der Waals surface area contributed by atoms with Gasteiger partial charge in [0.1, 0.15) is 18.3 Å². The third-order valence-electron chi connectivity index (χ3n) is 3.24. The molecule has 0 spiro atoms. The average molecular weight is 284 g/mol. The molecule has 4 unspecified atom stereocenters. The van der Waals surface area contributed by atoms with E-state index in [1.165, 1.54) is 10.9 Å². The number of imidazole rings is 1. The number of H-pyrrole nitrogens is 1. The number of nitrogens with two attached hydrogens (primary N) is 1. The Balaban J connectivity index is 2.09. The van der Waals surface area contributed by atoms with E-state index in [1.807, 2.05) is 0 Å². The maximum absolute atomic E-state index is 11.7. The number of nitrogens with zero attached hydrogens (tertiary/aromatic N) is 3. The number of rotatable bonds is 2. The number of anilines is 1. The van der Waals surface area contributed by atoms with E-state index in [-0.39, 0.29) is 17.1 Å². The van der Waals surface area contributed by atoms with Crippen molar-refractivity contribution in [3.63, 3.8) is 0 Å². The molecule has 3 rings (SSSR count). The first-order chi connectivity index (χ1) is 9.52. The van der Waals surface area contributed by atoms with Crippen LogP contribution in [-0.4, -0.2) is 59.8 Å². The molecule has 1 saturated heterocycles. The van der Waals surface area contributed by atoms with Gasteiger partial charge in [0.2, 0.25) is 5.95 Å². The number of fused-ring (bicyclic) bond motifs is 1. The van der Waals surface area contributed by atoms with Gasteiger partial charge in [-0.05, 0) is 0 Å². The number of aliphatic hydroxyl groups is 3. The fourth-order valence-corrected chi connectivity index (χ4v) is 2.24. The quantitative estimate of drug-likeness (QED) is 0.398. The summed E-state index contributed by atoms with van der Waals surface area (Å²) >= 11 is 0. The topological polar surface area (TPSA) is 160 Å². The molecule has 4 atom stereocenters. The minimum atomic E-state index is -1.29. The van der Waals surface area contributed by atoms with Gasteiger partial charge in [-0.15, -0.1) is 0 Å². The molecule has 3 heterocycles. The molecule has 0 aliphatic carbocycles. The van der Waals surface area contributed by atoms with Crippen LogP contribution in [0.3, 0.4) is 0 Å². The third kappa shape index (κ3) is 1.78. The second-order valence-electron chi connectivity index (χ2n) is 4.50. The van der Waals surface area contributed by atoms with Crippen molar-refractivity contribution in [2.24, 2.45) is 0 Å². The minimum Gasteiger partial charge on any atom is -0.394 e. The molecular weight excluding hydrogens is 271 g/mol. The Hall–Kier alpha value is -2.01. The van der Waals surface area contributed by atoms with Crippen molar-refractivity contribution in [2.45, 2.75) is 24.5 Å². The third-order valence-corrected chi connectivity index (χ3v) is 3.24. The van der Waals surface area contributed by atoms with Gasteiger partial charge in [-0.1, -0.05) is 0 Å². The monoisotopic (exact) mass is 284 g/mol. The minimum absolute atomic E-state index is 0.0388. The molecule has 108 valence electrons. The predicted molar refractivity (Wildman–Crippen MR) is 65.6 cm³/mol. The molecule has 1 fully saturated rings. The summed E-state index contributed by atoms with van der Waals surface area (Å²) in [7, 11) is 0. The molecule has 2 aromatic heterocycles. The summed E-state index contributed by atoms with van der Waals surface area (Å²) in [5, 5.41) is 28.7. The Morgan fingerprint density at radius 1 is 1.45 bits per heavy atom. The van der Waals surface area contributed by atoms with Gasteiger partial charge in [0.15, 0.2) is 17.4 Å². The summed E-state index contributed by atoms with van der Waals surface area (Å²) < 4.78 is 6.64. The number of nitrogen functional groups attached to an aromatic ring is 1. The molecule has 6 N–H and O–H groups in total. The maximum atomic E-state index is 11.7. The summed E-state index contributed by atoms with van der Waals surface area (Å²) in [6.45, 7) is -0.447. The lowest BCUT2D eigenvalue weighted by molar-refractivity contribution is -0.0511. The van der Waals surface area contributed by atoms with Crippen molar-refractivity contribution >= 4 is 17.1 Å². The summed E-state index contributed by atoms with van der Waals surface area (Å²) in [6, 6.07) is 0. The van der Waals surface area contributed by atoms with Crippen LogP contribution in [0, 0.1) is 0 Å². The second kappa shape index (κ2) is 4.52. The molecule has 1 aliphatic heterocycles. The molecule has 0 radical (unpaired) electrons. The Morgan fingerprint density at radius 3 is 2.85 bits per heavy atom. The Labute approximate surface area is 111 Å². The predicted octanol–water partition coefficient (Wildman–Crippen LogP) is -2.69. The van der Waals surface area contributed by atoms with Gasteiger partial charge in [-0.25, -0.2) is 4.98 Å². The molecule has 0 saturated carbocycles. The van der Waals surface area contributed by atoms with E-state index >= 15 is 0 Å². The SMILES string of the molecule is Nc1nc2c(n[13cH]n2C2OC(CO)C(O)C2O)c(=O)[nH]1. The fourth-order valence-electron chi connectivity index (χ4n) is 2.24. The van der Waals surface area contributed by atoms with E-state index in [1.54, 1.807) is 0 Å². The highest BCUT2D eigenvalue weighted by atomic mass is 16.6. The summed E-state index contributed by atoms with van der Waals surface area (Å²) in [6.07, 6.45) is -3.21. The lowest BCUT2D eigenvalue weighted by atomic mass is 10.1. The van der Waals surface area contributed by atoms with Crippen LogP contribution in [0.4, 0.5) is 5.95 Å². The van der Waals surface area contributed by atoms with Crippen LogP contribution in [-0.2, 0) is 4.74 Å². The van der Waals surface area contributed by atoms with Crippen LogP contribution in [0.2, 0.25) is 0 Å². The van der Waals surface area contributed by atoms with Gasteiger partial charge in [0.05, 0.1) is 12.9 Å². The van der Waals surface area contributed by atoms with Gasteiger partial charge < -0.3 is 25.8 Å². The molecular formula is C10H13N5O5. The van der Waals surface area contributed by atoms with E-state index in [4.69, 9.17) is 15.6 Å². The van der Waals surface area contributed by atoms with Gasteiger partial charge >= 0.3 is 0 Å². The molecule has 2 aromatic rings. The summed E-state index contributed by atoms with van der Waals surface area (Å²) in [5.41, 5.74) is 5.12. The first-order valence-corrected chi connectivity index (χ1v) is 5.87. The molecule has 10 heteroatoms. The molecule has 20 heavy (non-hydrogen) atoms. The van der Waals surface area contributed by atoms with Crippen molar-refractivity contribution in [2.75, 3.05) is 12.3 Å². The number of hydrogen-bond donors (Lipinski definition) is 5. The molecule has 0 amide bonds. The lowest BCUT2D eigenvalue weighted by Gasteiger charge is -2.16. The number of hydrogen-bond acceptors (Lipinski definition) is 8. The molecule has 10 nitrogen and oxygen atoms in total. The highest BCUT2D eigenvalue weighted by Gasteiger charge is 2.44. The van der Waals surface area contributed by atoms with Crippen LogP contribution in [0.1, 0.15) is 6.23 Å². The van der Waals surface area contributed by atoms with Crippen LogP contribution >= 0.6 is 0 Å². The zero-order valence-electron chi connectivity index (χ0n) is 10.2. The van der Waals surface area contributed by atoms with Crippen molar-refractivity contribution in [3.05, 3.63) is 16.7 Å². The number of nitrogens with one attached hydrogen (secondary N) is 1. The first kappa shape index (κ1) is 13.0. The lowest BCUT2D eigenvalue weighted by Crippen LogP contribution is -2.33. The zero-order valence-corrected chi connectivity index (χ0v) is 10.2. The number of aliphatic hydroxyl groups excluding tert-OH is 3. The normalized spacial score (nSPS) is 30.1. The van der Waals surface area contributed by atoms with Gasteiger partial charge in [0.25, 0.3) is 5.56 Å². The zero-order chi connectivity index (χ0) is 14.4. The second-order valence-corrected chi connectivity index (χ2v) is 4.50. The Morgan fingerprint density at radius 2 is 2.20 bits per heavy atom. The van der Waals surface area contributed by atoms with E-state index in [0.717, 1.165) is 0 Å². The largest absolute Gasteiger partial charge is 0.394 e. The van der Waals surface area contributed by atoms with Gasteiger partial charge in [-0.2, -0.15) is 4.98 Å². The van der Waals surface area contributed by atoms with Crippen molar-refractivity contribution in [1.82, 2.24) is 19.5 Å². The van der Waals surface area contributed by atoms with Crippen LogP contribution in [0.5, 0.6) is 0 Å². The Kier molecular flexibility index (Phi) is 2.94. The first-order valence-electron chi connectivity index (χ1n) is 5.87. The van der Waals surface area contributed by atoms with Gasteiger partial charge in [0, 0.05) is 0 Å². The summed E-state index contributed by atoms with van der Waals surface area (Å²) in [4.78, 5) is 21.8. The Bertz CT molecular complexity index is 697. The standard InChI is InChI=1S/C10H13N5O5/c11-10-13-7-4(8(19)14-10)12-2-15(7)9-6(18)5(17)3(1-16)20-9/h2-3,5-6,9,16-18H,1H2,(H3,11,13,14,19)/i2+1. The summed E-state index contributed by atoms with van der Waals surface area (Å²) in [5.74, 6) is -0.101. The number of ether oxygens (including phenoxy) is 1. The fraction of sp³-hybridized carbons (Fsp3) is 0.500. The van der Waals surface area contributed by atoms with Crippen LogP contribution in [0.25, 0.3) is 11.2 Å². The van der Waals surface area contributed by atoms with Crippen molar-refractivity contribution < 1.29 is 20.1 Å². The van der Waals surface area contributed by atoms with E-state index < -0.39 is 36.7 Å². The van der Waals surface area contributed by atoms with Crippen molar-refractivity contribution in [3.8, 4) is 0 Å². The molecule has 1 aliphatic rings. The van der Waals surface area contributed by atoms with Crippen LogP contribution < -0.4 is 11.3 Å². The van der Waals surface area contributed by atoms with E-state index in [2.05, 4.69) is 15.0 Å². The highest BCUT2D eigenvalue weighted by molar-refractivity contribution is 5.70. The van der Waals surface area contributed by atoms with Crippen molar-refractivity contribution in [1.29, 1.82) is 0 Å². The smallest absolute Gasteiger partial charge is 0.280 e. The van der Waals surface area contributed by atoms with Gasteiger partial charge in [-0.3, -0.25) is 14.3 Å². The highest BCUT2D eigenvalue weighted by Crippen LogP contribution is 2.30. The molecule has 0 aromatic carbocycles. The number of aromatic nitrogens is 4. The average Bonchev–Trinajstić information content (AvgIpc) is 2.93. The van der Waals surface area contributed by atoms with E-state index in [9.17, 15) is 15.0 Å².